The van der Waals surface area contributed by atoms with Crippen molar-refractivity contribution in [2.75, 3.05) is 5.32 Å². The van der Waals surface area contributed by atoms with Gasteiger partial charge in [-0.25, -0.2) is 4.39 Å². The van der Waals surface area contributed by atoms with Crippen molar-refractivity contribution in [3.05, 3.63) is 54.3 Å². The molecule has 2 aromatic rings. The van der Waals surface area contributed by atoms with E-state index in [2.05, 4.69) is 9.19 Å². The number of rotatable bonds is 3. The van der Waals surface area contributed by atoms with E-state index < -0.39 is 20.0 Å². The standard InChI is InChI=1S/C8H10AsNO5.C6H5FO/c1-6(11)10-8-4-2-7(3-5-8)9(12,13)15-14;7-5-2-1-3-6(8)4-5/h2-5,14H,1H3,(H,10,11)(H,12,13);1-4,8H. The van der Waals surface area contributed by atoms with E-state index in [9.17, 15) is 12.9 Å². The Labute approximate surface area is 134 Å². The second kappa shape index (κ2) is 8.50. The molecule has 0 bridgehead atoms. The molecule has 0 fully saturated rings. The number of carbonyl (C=O) groups is 1. The Morgan fingerprint density at radius 1 is 1.22 bits per heavy atom. The van der Waals surface area contributed by atoms with Gasteiger partial charge in [-0.15, -0.1) is 0 Å². The third-order valence-electron chi connectivity index (χ3n) is 2.43. The van der Waals surface area contributed by atoms with Crippen LogP contribution in [0, 0.1) is 5.82 Å². The second-order valence-corrected chi connectivity index (χ2v) is 7.92. The van der Waals surface area contributed by atoms with Gasteiger partial charge in [0, 0.05) is 6.07 Å². The number of amides is 1. The summed E-state index contributed by atoms with van der Waals surface area (Å²) in [6, 6.07) is 10.7. The fourth-order valence-electron chi connectivity index (χ4n) is 1.46. The van der Waals surface area contributed by atoms with E-state index in [1.165, 1.54) is 49.4 Å². The largest absolute Gasteiger partial charge is 0.508 e. The Morgan fingerprint density at radius 2 is 1.83 bits per heavy atom. The molecule has 0 heterocycles. The molecule has 4 N–H and O–H groups in total. The van der Waals surface area contributed by atoms with Gasteiger partial charge in [0.05, 0.1) is 0 Å². The van der Waals surface area contributed by atoms with Gasteiger partial charge in [-0.05, 0) is 12.1 Å². The number of hydrogen-bond donors (Lipinski definition) is 4. The van der Waals surface area contributed by atoms with E-state index in [0.29, 0.717) is 5.69 Å². The van der Waals surface area contributed by atoms with Gasteiger partial charge in [-0.2, -0.15) is 0 Å². The maximum absolute atomic E-state index is 12.0. The Morgan fingerprint density at radius 3 is 2.22 bits per heavy atom. The molecule has 0 saturated heterocycles. The van der Waals surface area contributed by atoms with Gasteiger partial charge in [0.25, 0.3) is 0 Å². The number of phenols is 1. The Hall–Kier alpha value is -2.12. The van der Waals surface area contributed by atoms with E-state index in [1.54, 1.807) is 0 Å². The van der Waals surface area contributed by atoms with Crippen LogP contribution in [0.5, 0.6) is 5.75 Å². The zero-order valence-electron chi connectivity index (χ0n) is 12.0. The zero-order valence-corrected chi connectivity index (χ0v) is 13.9. The quantitative estimate of drug-likeness (QED) is 0.358. The summed E-state index contributed by atoms with van der Waals surface area (Å²) in [6.45, 7) is 1.35. The summed E-state index contributed by atoms with van der Waals surface area (Å²) in [5, 5.41) is 19.3. The monoisotopic (exact) mass is 387 g/mol. The summed E-state index contributed by atoms with van der Waals surface area (Å²) in [7, 11) is 0. The van der Waals surface area contributed by atoms with Crippen LogP contribution in [0.3, 0.4) is 0 Å². The molecule has 23 heavy (non-hydrogen) atoms. The average Bonchev–Trinajstić information content (AvgIpc) is 2.47. The van der Waals surface area contributed by atoms with E-state index >= 15 is 0 Å². The fraction of sp³-hybridized carbons (Fsp3) is 0.0714. The molecule has 0 saturated carbocycles. The molecule has 0 spiro atoms. The molecule has 1 unspecified atom stereocenters. The number of nitrogens with one attached hydrogen (secondary N) is 1. The van der Waals surface area contributed by atoms with Gasteiger partial charge in [-0.3, -0.25) is 0 Å². The SMILES string of the molecule is CC(=O)Nc1ccc([As](=O)(O)OO)cc1.Oc1cccc(F)c1. The number of anilines is 1. The van der Waals surface area contributed by atoms with Crippen LogP contribution in [0.15, 0.2) is 48.5 Å². The molecule has 124 valence electrons. The maximum Gasteiger partial charge on any atom is 0.126 e. The minimum atomic E-state index is -4.76. The molecular formula is C14H15AsFNO6. The normalized spacial score (nSPS) is 12.5. The number of aromatic hydroxyl groups is 1. The van der Waals surface area contributed by atoms with Crippen LogP contribution in [0.1, 0.15) is 6.92 Å². The van der Waals surface area contributed by atoms with E-state index in [4.69, 9.17) is 14.5 Å². The van der Waals surface area contributed by atoms with Gasteiger partial charge in [0.15, 0.2) is 0 Å². The summed E-state index contributed by atoms with van der Waals surface area (Å²) in [5.74, 6) is -0.686. The van der Waals surface area contributed by atoms with E-state index in [1.807, 2.05) is 0 Å². The van der Waals surface area contributed by atoms with Crippen molar-refractivity contribution in [3.63, 3.8) is 0 Å². The third kappa shape index (κ3) is 6.66. The fourth-order valence-corrected chi connectivity index (χ4v) is 2.76. The first-order chi connectivity index (χ1) is 10.7. The van der Waals surface area contributed by atoms with Gasteiger partial charge >= 0.3 is 88.4 Å². The van der Waals surface area contributed by atoms with E-state index in [-0.39, 0.29) is 16.0 Å². The van der Waals surface area contributed by atoms with Crippen molar-refractivity contribution in [1.29, 1.82) is 0 Å². The van der Waals surface area contributed by atoms with Crippen LogP contribution in [-0.4, -0.2) is 34.5 Å². The van der Waals surface area contributed by atoms with Crippen molar-refractivity contribution >= 4 is 30.1 Å². The molecule has 0 aliphatic carbocycles. The Balaban J connectivity index is 0.000000277. The van der Waals surface area contributed by atoms with Crippen molar-refractivity contribution in [1.82, 2.24) is 0 Å². The van der Waals surface area contributed by atoms with Crippen molar-refractivity contribution in [2.24, 2.45) is 0 Å². The summed E-state index contributed by atoms with van der Waals surface area (Å²) >= 11 is -4.76. The van der Waals surface area contributed by atoms with Crippen LogP contribution >= 0.6 is 0 Å². The van der Waals surface area contributed by atoms with Crippen LogP contribution in [0.4, 0.5) is 10.1 Å². The molecule has 1 atom stereocenters. The summed E-state index contributed by atoms with van der Waals surface area (Å²) in [5.41, 5.74) is 0.500. The number of halogens is 1. The van der Waals surface area contributed by atoms with Crippen LogP contribution in [0.2, 0.25) is 0 Å². The molecule has 0 radical (unpaired) electrons. The van der Waals surface area contributed by atoms with Gasteiger partial charge in [-0.1, -0.05) is 6.07 Å². The first-order valence-corrected chi connectivity index (χ1v) is 9.54. The summed E-state index contributed by atoms with van der Waals surface area (Å²) in [6.07, 6.45) is 0. The molecule has 0 aliphatic rings. The first kappa shape index (κ1) is 18.9. The Kier molecular flexibility index (Phi) is 6.99. The maximum atomic E-state index is 12.0. The summed E-state index contributed by atoms with van der Waals surface area (Å²) < 4.78 is 35.8. The molecule has 0 aromatic heterocycles. The second-order valence-electron chi connectivity index (χ2n) is 4.31. The van der Waals surface area contributed by atoms with Crippen molar-refractivity contribution < 1.29 is 31.3 Å². The molecule has 2 aromatic carbocycles. The number of hydrogen-bond acceptors (Lipinski definition) is 5. The number of phenolic OH excluding ortho intramolecular Hbond substituents is 1. The third-order valence-corrected chi connectivity index (χ3v) is 4.89. The van der Waals surface area contributed by atoms with Crippen molar-refractivity contribution in [2.45, 2.75) is 6.92 Å². The van der Waals surface area contributed by atoms with Gasteiger partial charge in [0.1, 0.15) is 11.6 Å². The van der Waals surface area contributed by atoms with E-state index in [0.717, 1.165) is 6.07 Å². The zero-order chi connectivity index (χ0) is 17.5. The minimum Gasteiger partial charge on any atom is -0.508 e. The number of benzene rings is 2. The van der Waals surface area contributed by atoms with Gasteiger partial charge in [0.2, 0.25) is 0 Å². The number of carbonyl (C=O) groups excluding carboxylic acids is 1. The predicted molar refractivity (Wildman–Crippen MR) is 80.8 cm³/mol. The first-order valence-electron chi connectivity index (χ1n) is 6.23. The molecule has 9 heteroatoms. The predicted octanol–water partition coefficient (Wildman–Crippen LogP) is 1.23. The smallest absolute Gasteiger partial charge is 0.126 e. The summed E-state index contributed by atoms with van der Waals surface area (Å²) in [4.78, 5) is 10.7. The van der Waals surface area contributed by atoms with Crippen LogP contribution < -0.4 is 9.67 Å². The van der Waals surface area contributed by atoms with Crippen LogP contribution in [-0.2, 0) is 12.4 Å². The topological polar surface area (TPSA) is 116 Å². The van der Waals surface area contributed by atoms with Gasteiger partial charge < -0.3 is 5.11 Å². The van der Waals surface area contributed by atoms with Crippen LogP contribution in [0.25, 0.3) is 0 Å². The molecule has 7 nitrogen and oxygen atoms in total. The molecule has 0 aliphatic heterocycles. The van der Waals surface area contributed by atoms with Crippen molar-refractivity contribution in [3.8, 4) is 5.75 Å². The molecule has 1 amide bonds. The average molecular weight is 387 g/mol. The Bertz CT molecular complexity index is 689. The minimum absolute atomic E-state index is 0.00438. The molecule has 2 rings (SSSR count). The molecular weight excluding hydrogens is 372 g/mol.